The highest BCUT2D eigenvalue weighted by Gasteiger charge is 2.33. The third-order valence-corrected chi connectivity index (χ3v) is 5.60. The maximum Gasteiger partial charge on any atom is 0.239 e. The van der Waals surface area contributed by atoms with Crippen molar-refractivity contribution >= 4 is 41.8 Å². The second-order valence-electron chi connectivity index (χ2n) is 7.69. The number of benzene rings is 1. The molecule has 2 aliphatic heterocycles. The largest absolute Gasteiger partial charge is 0.341 e. The highest BCUT2D eigenvalue weighted by atomic mass is 35.5. The predicted molar refractivity (Wildman–Crippen MR) is 114 cm³/mol. The van der Waals surface area contributed by atoms with Gasteiger partial charge in [-0.2, -0.15) is 0 Å². The Bertz CT molecular complexity index is 770. The van der Waals surface area contributed by atoms with Crippen LogP contribution in [0.4, 0.5) is 0 Å². The number of likely N-dealkylation sites (tertiary alicyclic amines) is 1. The van der Waals surface area contributed by atoms with E-state index < -0.39 is 0 Å². The molecule has 2 aromatic rings. The van der Waals surface area contributed by atoms with Gasteiger partial charge in [0.1, 0.15) is 5.82 Å². The van der Waals surface area contributed by atoms with Crippen LogP contribution in [-0.4, -0.2) is 46.0 Å². The number of piperidine rings is 1. The van der Waals surface area contributed by atoms with Gasteiger partial charge in [0, 0.05) is 25.0 Å². The Morgan fingerprint density at radius 2 is 1.96 bits per heavy atom. The monoisotopic (exact) mass is 412 g/mol. The Kier molecular flexibility index (Phi) is 7.55. The van der Waals surface area contributed by atoms with E-state index in [1.165, 1.54) is 5.52 Å². The summed E-state index contributed by atoms with van der Waals surface area (Å²) >= 11 is 0. The smallest absolute Gasteiger partial charge is 0.239 e. The van der Waals surface area contributed by atoms with Crippen LogP contribution in [0.15, 0.2) is 24.3 Å². The molecule has 0 aliphatic carbocycles. The molecular weight excluding hydrogens is 383 g/mol. The van der Waals surface area contributed by atoms with Crippen LogP contribution < -0.4 is 5.32 Å². The highest BCUT2D eigenvalue weighted by Crippen LogP contribution is 2.32. The highest BCUT2D eigenvalue weighted by molar-refractivity contribution is 5.85. The molecule has 7 heteroatoms. The lowest BCUT2D eigenvalue weighted by Crippen LogP contribution is -2.47. The number of amides is 1. The van der Waals surface area contributed by atoms with Crippen molar-refractivity contribution in [3.63, 3.8) is 0 Å². The fourth-order valence-electron chi connectivity index (χ4n) is 4.40. The van der Waals surface area contributed by atoms with Gasteiger partial charge in [-0.15, -0.1) is 24.8 Å². The van der Waals surface area contributed by atoms with Crippen LogP contribution in [0.2, 0.25) is 0 Å². The summed E-state index contributed by atoms with van der Waals surface area (Å²) in [5.41, 5.74) is 2.26. The third kappa shape index (κ3) is 4.25. The second kappa shape index (κ2) is 9.26. The molecule has 0 bridgehead atoms. The van der Waals surface area contributed by atoms with E-state index in [-0.39, 0.29) is 36.8 Å². The van der Waals surface area contributed by atoms with Crippen molar-refractivity contribution in [1.29, 1.82) is 0 Å². The second-order valence-corrected chi connectivity index (χ2v) is 7.69. The first-order valence-corrected chi connectivity index (χ1v) is 9.64. The Hall–Kier alpha value is -1.30. The van der Waals surface area contributed by atoms with E-state index >= 15 is 0 Å². The molecule has 0 spiro atoms. The molecule has 27 heavy (non-hydrogen) atoms. The molecule has 1 aromatic carbocycles. The minimum Gasteiger partial charge on any atom is -0.341 e. The fourth-order valence-corrected chi connectivity index (χ4v) is 4.40. The minimum absolute atomic E-state index is 0. The summed E-state index contributed by atoms with van der Waals surface area (Å²) in [7, 11) is 0. The molecule has 2 atom stereocenters. The van der Waals surface area contributed by atoms with Crippen LogP contribution >= 0.6 is 24.8 Å². The zero-order valence-electron chi connectivity index (χ0n) is 16.1. The van der Waals surface area contributed by atoms with E-state index in [9.17, 15) is 4.79 Å². The SMILES string of the molecule is CC(C)n1c(C2CCCN(C(=O)C3CCCN3)C2)nc2ccccc21.Cl.Cl. The summed E-state index contributed by atoms with van der Waals surface area (Å²) in [6.07, 6.45) is 4.25. The molecule has 1 amide bonds. The lowest BCUT2D eigenvalue weighted by Gasteiger charge is -2.34. The normalized spacial score (nSPS) is 22.6. The molecule has 2 saturated heterocycles. The molecular formula is C20H30Cl2N4O. The number of hydrogen-bond acceptors (Lipinski definition) is 3. The van der Waals surface area contributed by atoms with Gasteiger partial charge in [0.25, 0.3) is 0 Å². The number of carbonyl (C=O) groups excluding carboxylic acids is 1. The van der Waals surface area contributed by atoms with Crippen molar-refractivity contribution in [3.8, 4) is 0 Å². The number of aromatic nitrogens is 2. The number of halogens is 2. The van der Waals surface area contributed by atoms with Crippen molar-refractivity contribution in [2.75, 3.05) is 19.6 Å². The average molecular weight is 413 g/mol. The molecule has 4 rings (SSSR count). The third-order valence-electron chi connectivity index (χ3n) is 5.60. The molecule has 3 heterocycles. The molecule has 5 nitrogen and oxygen atoms in total. The van der Waals surface area contributed by atoms with E-state index in [4.69, 9.17) is 4.98 Å². The number of carbonyl (C=O) groups is 1. The minimum atomic E-state index is 0. The summed E-state index contributed by atoms with van der Waals surface area (Å²) in [5.74, 6) is 1.76. The van der Waals surface area contributed by atoms with E-state index in [0.29, 0.717) is 12.0 Å². The van der Waals surface area contributed by atoms with E-state index in [1.54, 1.807) is 0 Å². The topological polar surface area (TPSA) is 50.2 Å². The molecule has 0 radical (unpaired) electrons. The van der Waals surface area contributed by atoms with Crippen LogP contribution in [0.3, 0.4) is 0 Å². The number of imidazole rings is 1. The maximum atomic E-state index is 12.8. The first-order chi connectivity index (χ1) is 12.1. The van der Waals surface area contributed by atoms with E-state index in [1.807, 2.05) is 6.07 Å². The van der Waals surface area contributed by atoms with Crippen molar-refractivity contribution in [3.05, 3.63) is 30.1 Å². The summed E-state index contributed by atoms with van der Waals surface area (Å²) in [4.78, 5) is 19.8. The zero-order chi connectivity index (χ0) is 17.4. The number of para-hydroxylation sites is 2. The molecule has 0 saturated carbocycles. The van der Waals surface area contributed by atoms with Gasteiger partial charge in [-0.1, -0.05) is 12.1 Å². The van der Waals surface area contributed by atoms with Gasteiger partial charge < -0.3 is 14.8 Å². The molecule has 1 aromatic heterocycles. The maximum absolute atomic E-state index is 12.8. The van der Waals surface area contributed by atoms with Crippen LogP contribution in [0.5, 0.6) is 0 Å². The lowest BCUT2D eigenvalue weighted by molar-refractivity contribution is -0.134. The van der Waals surface area contributed by atoms with Gasteiger partial charge in [0.05, 0.1) is 17.1 Å². The van der Waals surface area contributed by atoms with Crippen molar-refractivity contribution in [2.24, 2.45) is 0 Å². The predicted octanol–water partition coefficient (Wildman–Crippen LogP) is 3.92. The summed E-state index contributed by atoms with van der Waals surface area (Å²) in [5, 5.41) is 3.35. The summed E-state index contributed by atoms with van der Waals surface area (Å²) < 4.78 is 2.36. The van der Waals surface area contributed by atoms with Gasteiger partial charge >= 0.3 is 0 Å². The Morgan fingerprint density at radius 1 is 1.19 bits per heavy atom. The Morgan fingerprint density at radius 3 is 2.67 bits per heavy atom. The fraction of sp³-hybridized carbons (Fsp3) is 0.600. The van der Waals surface area contributed by atoms with Crippen LogP contribution in [-0.2, 0) is 4.79 Å². The molecule has 2 aliphatic rings. The summed E-state index contributed by atoms with van der Waals surface area (Å²) in [6, 6.07) is 8.76. The first-order valence-electron chi connectivity index (χ1n) is 9.64. The number of nitrogens with zero attached hydrogens (tertiary/aromatic N) is 3. The lowest BCUT2D eigenvalue weighted by atomic mass is 9.96. The summed E-state index contributed by atoms with van der Waals surface area (Å²) in [6.45, 7) is 7.08. The number of nitrogens with one attached hydrogen (secondary N) is 1. The van der Waals surface area contributed by atoms with Gasteiger partial charge in [-0.3, -0.25) is 4.79 Å². The van der Waals surface area contributed by atoms with Gasteiger partial charge in [0.2, 0.25) is 5.91 Å². The van der Waals surface area contributed by atoms with Crippen LogP contribution in [0.1, 0.15) is 57.3 Å². The van der Waals surface area contributed by atoms with E-state index in [0.717, 1.165) is 56.7 Å². The van der Waals surface area contributed by atoms with E-state index in [2.05, 4.69) is 46.8 Å². The number of rotatable bonds is 3. The Labute approximate surface area is 173 Å². The van der Waals surface area contributed by atoms with Gasteiger partial charge in [-0.25, -0.2) is 4.98 Å². The first kappa shape index (κ1) is 22.0. The van der Waals surface area contributed by atoms with Crippen molar-refractivity contribution in [1.82, 2.24) is 19.8 Å². The molecule has 1 N–H and O–H groups in total. The standard InChI is InChI=1S/C20H28N4O.2ClH/c1-14(2)24-18-10-4-3-8-16(18)22-19(24)15-7-6-12-23(13-15)20(25)17-9-5-11-21-17;;/h3-4,8,10,14-15,17,21H,5-7,9,11-13H2,1-2H3;2*1H. The van der Waals surface area contributed by atoms with Crippen LogP contribution in [0, 0.1) is 0 Å². The number of fused-ring (bicyclic) bond motifs is 1. The quantitative estimate of drug-likeness (QED) is 0.830. The van der Waals surface area contributed by atoms with Crippen molar-refractivity contribution in [2.45, 2.75) is 57.5 Å². The van der Waals surface area contributed by atoms with Gasteiger partial charge in [-0.05, 0) is 58.2 Å². The molecule has 150 valence electrons. The van der Waals surface area contributed by atoms with Crippen LogP contribution in [0.25, 0.3) is 11.0 Å². The Balaban J connectivity index is 0.00000131. The number of hydrogen-bond donors (Lipinski definition) is 1. The zero-order valence-corrected chi connectivity index (χ0v) is 17.7. The van der Waals surface area contributed by atoms with Gasteiger partial charge in [0.15, 0.2) is 0 Å². The average Bonchev–Trinajstić information content (AvgIpc) is 3.28. The molecule has 2 unspecified atom stereocenters. The van der Waals surface area contributed by atoms with Crippen molar-refractivity contribution < 1.29 is 4.79 Å². The molecule has 2 fully saturated rings.